The Balaban J connectivity index is 2.61. The Hall–Kier alpha value is -0.820. The predicted octanol–water partition coefficient (Wildman–Crippen LogP) is 1.41. The Labute approximate surface area is 97.1 Å². The molecule has 100 valence electrons. The van der Waals surface area contributed by atoms with Gasteiger partial charge in [-0.05, 0) is 20.3 Å². The van der Waals surface area contributed by atoms with Gasteiger partial charge in [0.05, 0.1) is 6.10 Å². The summed E-state index contributed by atoms with van der Waals surface area (Å²) in [6, 6.07) is 0. The van der Waals surface area contributed by atoms with Crippen LogP contribution in [0, 0.1) is 5.92 Å². The fourth-order valence-corrected chi connectivity index (χ4v) is 1.75. The van der Waals surface area contributed by atoms with Crippen LogP contribution >= 0.6 is 0 Å². The van der Waals surface area contributed by atoms with E-state index in [0.717, 1.165) is 0 Å². The minimum atomic E-state index is -4.74. The van der Waals surface area contributed by atoms with Crippen molar-refractivity contribution in [2.45, 2.75) is 38.1 Å². The number of aliphatic carboxylic acids is 1. The number of carboxylic acid groups (broad SMARTS) is 1. The van der Waals surface area contributed by atoms with Gasteiger partial charge in [-0.15, -0.1) is 0 Å². The average molecular weight is 255 g/mol. The van der Waals surface area contributed by atoms with E-state index in [0.29, 0.717) is 13.0 Å². The number of alkyl halides is 3. The molecule has 1 heterocycles. The van der Waals surface area contributed by atoms with Crippen LogP contribution in [0.25, 0.3) is 0 Å². The topological polar surface area (TPSA) is 58.6 Å². The van der Waals surface area contributed by atoms with E-state index in [1.54, 1.807) is 13.8 Å². The summed E-state index contributed by atoms with van der Waals surface area (Å²) in [5, 5.41) is 11.2. The van der Waals surface area contributed by atoms with E-state index in [4.69, 9.17) is 9.84 Å². The summed E-state index contributed by atoms with van der Waals surface area (Å²) in [7, 11) is 0. The molecular formula is C10H16F3NO3. The second-order valence-electron chi connectivity index (χ2n) is 4.49. The quantitative estimate of drug-likeness (QED) is 0.797. The van der Waals surface area contributed by atoms with Crippen molar-refractivity contribution in [3.05, 3.63) is 0 Å². The summed E-state index contributed by atoms with van der Waals surface area (Å²) >= 11 is 0. The lowest BCUT2D eigenvalue weighted by Crippen LogP contribution is -2.52. The first-order chi connectivity index (χ1) is 7.67. The Bertz CT molecular complexity index is 295. The van der Waals surface area contributed by atoms with Crippen LogP contribution in [0.15, 0.2) is 0 Å². The predicted molar refractivity (Wildman–Crippen MR) is 53.6 cm³/mol. The number of hydrogen-bond acceptors (Lipinski definition) is 3. The molecule has 1 aliphatic heterocycles. The third-order valence-electron chi connectivity index (χ3n) is 3.29. The Morgan fingerprint density at radius 2 is 2.24 bits per heavy atom. The number of nitrogens with one attached hydrogen (secondary N) is 1. The minimum absolute atomic E-state index is 0.231. The van der Waals surface area contributed by atoms with E-state index in [2.05, 4.69) is 5.32 Å². The highest BCUT2D eigenvalue weighted by molar-refractivity contribution is 5.71. The van der Waals surface area contributed by atoms with Crippen molar-refractivity contribution >= 4 is 5.97 Å². The molecule has 2 N–H and O–H groups in total. The second-order valence-corrected chi connectivity index (χ2v) is 4.49. The maximum Gasteiger partial charge on any atom is 0.403 e. The lowest BCUT2D eigenvalue weighted by molar-refractivity contribution is -0.193. The van der Waals surface area contributed by atoms with E-state index >= 15 is 0 Å². The highest BCUT2D eigenvalue weighted by atomic mass is 19.4. The zero-order chi connectivity index (χ0) is 13.3. The van der Waals surface area contributed by atoms with E-state index in [9.17, 15) is 18.0 Å². The first kappa shape index (κ1) is 14.2. The third kappa shape index (κ3) is 3.32. The Kier molecular flexibility index (Phi) is 4.03. The summed E-state index contributed by atoms with van der Waals surface area (Å²) in [5.41, 5.74) is -0.598. The van der Waals surface area contributed by atoms with Gasteiger partial charge < -0.3 is 15.2 Å². The maximum absolute atomic E-state index is 12.4. The SMILES string of the molecule is CC1OCCC1(C)NCC(C(=O)O)C(F)(F)F. The highest BCUT2D eigenvalue weighted by Gasteiger charge is 2.47. The molecule has 0 aromatic heterocycles. The van der Waals surface area contributed by atoms with E-state index in [-0.39, 0.29) is 6.10 Å². The van der Waals surface area contributed by atoms with Gasteiger partial charge in [0.15, 0.2) is 5.92 Å². The number of ether oxygens (including phenoxy) is 1. The largest absolute Gasteiger partial charge is 0.481 e. The standard InChI is InChI=1S/C10H16F3NO3/c1-6-9(2,3-4-17-6)14-5-7(8(15)16)10(11,12)13/h6-7,14H,3-5H2,1-2H3,(H,15,16). The van der Waals surface area contributed by atoms with Gasteiger partial charge in [-0.25, -0.2) is 0 Å². The van der Waals surface area contributed by atoms with E-state index in [1.807, 2.05) is 0 Å². The van der Waals surface area contributed by atoms with Crippen LogP contribution in [-0.2, 0) is 9.53 Å². The number of halogens is 3. The van der Waals surface area contributed by atoms with Crippen molar-refractivity contribution in [3.63, 3.8) is 0 Å². The summed E-state index contributed by atoms with van der Waals surface area (Å²) in [4.78, 5) is 10.5. The molecule has 0 spiro atoms. The molecule has 0 aliphatic carbocycles. The summed E-state index contributed by atoms with van der Waals surface area (Å²) in [6.07, 6.45) is -4.40. The van der Waals surface area contributed by atoms with Crippen LogP contribution in [-0.4, -0.2) is 42.0 Å². The molecular weight excluding hydrogens is 239 g/mol. The molecule has 0 saturated carbocycles. The molecule has 3 atom stereocenters. The lowest BCUT2D eigenvalue weighted by Gasteiger charge is -2.30. The van der Waals surface area contributed by atoms with Crippen molar-refractivity contribution < 1.29 is 27.8 Å². The molecule has 1 saturated heterocycles. The number of rotatable bonds is 4. The molecule has 17 heavy (non-hydrogen) atoms. The fraction of sp³-hybridized carbons (Fsp3) is 0.900. The van der Waals surface area contributed by atoms with Crippen molar-refractivity contribution in [2.24, 2.45) is 5.92 Å². The summed E-state index contributed by atoms with van der Waals surface area (Å²) < 4.78 is 42.5. The smallest absolute Gasteiger partial charge is 0.403 e. The Morgan fingerprint density at radius 1 is 1.65 bits per heavy atom. The maximum atomic E-state index is 12.4. The molecule has 1 rings (SSSR count). The number of carboxylic acids is 1. The first-order valence-corrected chi connectivity index (χ1v) is 5.33. The monoisotopic (exact) mass is 255 g/mol. The summed E-state index contributed by atoms with van der Waals surface area (Å²) in [5.74, 6) is -4.24. The molecule has 7 heteroatoms. The molecule has 0 bridgehead atoms. The van der Waals surface area contributed by atoms with Gasteiger partial charge in [0.2, 0.25) is 0 Å². The van der Waals surface area contributed by atoms with Gasteiger partial charge in [-0.2, -0.15) is 13.2 Å². The lowest BCUT2D eigenvalue weighted by atomic mass is 9.93. The Morgan fingerprint density at radius 3 is 2.59 bits per heavy atom. The first-order valence-electron chi connectivity index (χ1n) is 5.33. The molecule has 3 unspecified atom stereocenters. The van der Waals surface area contributed by atoms with Gasteiger partial charge >= 0.3 is 12.1 Å². The van der Waals surface area contributed by atoms with Gasteiger partial charge in [0.1, 0.15) is 0 Å². The second kappa shape index (κ2) is 4.81. The molecule has 0 aromatic rings. The van der Waals surface area contributed by atoms with Crippen LogP contribution in [0.2, 0.25) is 0 Å². The van der Waals surface area contributed by atoms with Crippen molar-refractivity contribution in [2.75, 3.05) is 13.2 Å². The highest BCUT2D eigenvalue weighted by Crippen LogP contribution is 2.29. The molecule has 4 nitrogen and oxygen atoms in total. The van der Waals surface area contributed by atoms with E-state index in [1.165, 1.54) is 0 Å². The number of hydrogen-bond donors (Lipinski definition) is 2. The normalized spacial score (nSPS) is 31.5. The van der Waals surface area contributed by atoms with Crippen LogP contribution in [0.1, 0.15) is 20.3 Å². The summed E-state index contributed by atoms with van der Waals surface area (Å²) in [6.45, 7) is 3.32. The zero-order valence-electron chi connectivity index (χ0n) is 9.67. The number of carbonyl (C=O) groups is 1. The average Bonchev–Trinajstić information content (AvgIpc) is 2.44. The molecule has 0 amide bonds. The minimum Gasteiger partial charge on any atom is -0.481 e. The molecule has 0 radical (unpaired) electrons. The van der Waals surface area contributed by atoms with E-state index < -0.39 is 30.1 Å². The molecule has 1 aliphatic rings. The third-order valence-corrected chi connectivity index (χ3v) is 3.29. The van der Waals surface area contributed by atoms with Gasteiger partial charge in [0.25, 0.3) is 0 Å². The fourth-order valence-electron chi connectivity index (χ4n) is 1.75. The van der Waals surface area contributed by atoms with Crippen LogP contribution in [0.3, 0.4) is 0 Å². The van der Waals surface area contributed by atoms with Crippen LogP contribution < -0.4 is 5.32 Å². The van der Waals surface area contributed by atoms with Gasteiger partial charge in [-0.3, -0.25) is 4.79 Å². The van der Waals surface area contributed by atoms with Gasteiger partial charge in [0, 0.05) is 18.7 Å². The van der Waals surface area contributed by atoms with Crippen LogP contribution in [0.4, 0.5) is 13.2 Å². The van der Waals surface area contributed by atoms with Crippen LogP contribution in [0.5, 0.6) is 0 Å². The molecule has 1 fully saturated rings. The van der Waals surface area contributed by atoms with Gasteiger partial charge in [-0.1, -0.05) is 0 Å². The van der Waals surface area contributed by atoms with Crippen molar-refractivity contribution in [3.8, 4) is 0 Å². The molecule has 0 aromatic carbocycles. The van der Waals surface area contributed by atoms with Crippen molar-refractivity contribution in [1.29, 1.82) is 0 Å². The zero-order valence-corrected chi connectivity index (χ0v) is 9.67. The van der Waals surface area contributed by atoms with Crippen molar-refractivity contribution in [1.82, 2.24) is 5.32 Å².